The van der Waals surface area contributed by atoms with E-state index in [1.807, 2.05) is 18.4 Å². The Bertz CT molecular complexity index is 1220. The number of fused-ring (bicyclic) bond motifs is 1. The number of rotatable bonds is 9. The summed E-state index contributed by atoms with van der Waals surface area (Å²) in [6.45, 7) is 5.77. The topological polar surface area (TPSA) is 64.4 Å². The molecule has 1 atom stereocenters. The molecule has 6 nitrogen and oxygen atoms in total. The lowest BCUT2D eigenvalue weighted by Crippen LogP contribution is -2.30. The molecule has 10 heteroatoms. The number of nitrogens with zero attached hydrogens (tertiary/aromatic N) is 3. The Morgan fingerprint density at radius 3 is 2.73 bits per heavy atom. The monoisotopic (exact) mass is 511 g/mol. The minimum Gasteiger partial charge on any atom is -0.376 e. The zero-order valence-corrected chi connectivity index (χ0v) is 21.0. The molecule has 178 valence electrons. The van der Waals surface area contributed by atoms with Crippen LogP contribution in [-0.2, 0) is 27.1 Å². The third-order valence-corrected chi connectivity index (χ3v) is 9.25. The van der Waals surface area contributed by atoms with Crippen LogP contribution in [0.5, 0.6) is 0 Å². The van der Waals surface area contributed by atoms with Crippen LogP contribution >= 0.6 is 23.4 Å². The van der Waals surface area contributed by atoms with Gasteiger partial charge in [-0.3, -0.25) is 0 Å². The zero-order valence-electron chi connectivity index (χ0n) is 18.6. The lowest BCUT2D eigenvalue weighted by molar-refractivity contribution is 0.0960. The smallest absolute Gasteiger partial charge is 0.243 e. The highest BCUT2D eigenvalue weighted by molar-refractivity contribution is 7.98. The third-order valence-electron chi connectivity index (χ3n) is 5.85. The van der Waals surface area contributed by atoms with Crippen molar-refractivity contribution in [3.8, 4) is 0 Å². The largest absolute Gasteiger partial charge is 0.376 e. The van der Waals surface area contributed by atoms with Gasteiger partial charge in [-0.25, -0.2) is 17.8 Å². The number of aromatic nitrogens is 2. The second-order valence-electron chi connectivity index (χ2n) is 7.87. The molecular weight excluding hydrogens is 485 g/mol. The van der Waals surface area contributed by atoms with Gasteiger partial charge in [0.25, 0.3) is 0 Å². The Labute approximate surface area is 203 Å². The molecule has 1 fully saturated rings. The van der Waals surface area contributed by atoms with Crippen molar-refractivity contribution in [3.05, 3.63) is 52.8 Å². The van der Waals surface area contributed by atoms with E-state index >= 15 is 0 Å². The van der Waals surface area contributed by atoms with Gasteiger partial charge in [0.05, 0.1) is 28.6 Å². The van der Waals surface area contributed by atoms with E-state index in [2.05, 4.69) is 0 Å². The number of hydrogen-bond donors (Lipinski definition) is 0. The van der Waals surface area contributed by atoms with Crippen LogP contribution in [0.2, 0.25) is 5.02 Å². The van der Waals surface area contributed by atoms with Crippen LogP contribution in [0.4, 0.5) is 4.39 Å². The molecule has 1 aromatic heterocycles. The van der Waals surface area contributed by atoms with E-state index in [4.69, 9.17) is 21.3 Å². The molecular formula is C23H27ClFN3O3S2. The van der Waals surface area contributed by atoms with Crippen molar-refractivity contribution in [1.82, 2.24) is 13.9 Å². The van der Waals surface area contributed by atoms with Gasteiger partial charge in [0.15, 0.2) is 5.16 Å². The van der Waals surface area contributed by atoms with E-state index in [9.17, 15) is 12.8 Å². The van der Waals surface area contributed by atoms with Gasteiger partial charge in [-0.2, -0.15) is 4.31 Å². The maximum absolute atomic E-state index is 14.3. The van der Waals surface area contributed by atoms with E-state index in [1.54, 1.807) is 30.3 Å². The van der Waals surface area contributed by atoms with Crippen LogP contribution in [0.3, 0.4) is 0 Å². The molecule has 4 rings (SSSR count). The highest BCUT2D eigenvalue weighted by Crippen LogP contribution is 2.32. The molecule has 0 aliphatic carbocycles. The molecule has 0 bridgehead atoms. The first kappa shape index (κ1) is 24.5. The van der Waals surface area contributed by atoms with E-state index in [0.29, 0.717) is 46.6 Å². The van der Waals surface area contributed by atoms with Crippen molar-refractivity contribution in [2.45, 2.75) is 55.1 Å². The minimum absolute atomic E-state index is 0.0675. The third kappa shape index (κ3) is 5.07. The quantitative estimate of drug-likeness (QED) is 0.363. The summed E-state index contributed by atoms with van der Waals surface area (Å²) in [5.74, 6) is -0.0466. The number of ether oxygens (including phenoxy) is 1. The van der Waals surface area contributed by atoms with Gasteiger partial charge in [-0.15, -0.1) is 0 Å². The van der Waals surface area contributed by atoms with Gasteiger partial charge in [0.1, 0.15) is 5.82 Å². The van der Waals surface area contributed by atoms with Crippen molar-refractivity contribution in [1.29, 1.82) is 0 Å². The van der Waals surface area contributed by atoms with Crippen molar-refractivity contribution < 1.29 is 17.5 Å². The Hall–Kier alpha value is -1.65. The summed E-state index contributed by atoms with van der Waals surface area (Å²) in [4.78, 5) is 4.95. The highest BCUT2D eigenvalue weighted by Gasteiger charge is 2.25. The van der Waals surface area contributed by atoms with Gasteiger partial charge in [-0.05, 0) is 43.2 Å². The fourth-order valence-electron chi connectivity index (χ4n) is 4.05. The SMILES string of the molecule is CCN(CC)S(=O)(=O)c1ccc2c(c1)nc(SCc1c(F)cccc1Cl)n2C[C@H]1CCCO1. The van der Waals surface area contributed by atoms with Gasteiger partial charge in [0.2, 0.25) is 10.0 Å². The first-order chi connectivity index (χ1) is 15.8. The van der Waals surface area contributed by atoms with Crippen LogP contribution in [0, 0.1) is 5.82 Å². The number of imidazole rings is 1. The van der Waals surface area contributed by atoms with Crippen molar-refractivity contribution >= 4 is 44.4 Å². The van der Waals surface area contributed by atoms with Crippen LogP contribution < -0.4 is 0 Å². The van der Waals surface area contributed by atoms with E-state index in [-0.39, 0.29) is 16.8 Å². The lowest BCUT2D eigenvalue weighted by atomic mass is 10.2. The maximum atomic E-state index is 14.3. The number of benzene rings is 2. The van der Waals surface area contributed by atoms with E-state index in [0.717, 1.165) is 25.0 Å². The summed E-state index contributed by atoms with van der Waals surface area (Å²) in [5, 5.41) is 1.05. The highest BCUT2D eigenvalue weighted by atomic mass is 35.5. The second-order valence-corrected chi connectivity index (χ2v) is 11.2. The Kier molecular flexibility index (Phi) is 7.65. The van der Waals surface area contributed by atoms with Gasteiger partial charge < -0.3 is 9.30 Å². The van der Waals surface area contributed by atoms with Crippen LogP contribution in [0.25, 0.3) is 11.0 Å². The van der Waals surface area contributed by atoms with Crippen molar-refractivity contribution in [2.24, 2.45) is 0 Å². The molecule has 0 radical (unpaired) electrons. The molecule has 0 spiro atoms. The minimum atomic E-state index is -3.60. The second kappa shape index (κ2) is 10.3. The first-order valence-electron chi connectivity index (χ1n) is 11.0. The summed E-state index contributed by atoms with van der Waals surface area (Å²) in [6.07, 6.45) is 2.03. The van der Waals surface area contributed by atoms with Crippen molar-refractivity contribution in [3.63, 3.8) is 0 Å². The van der Waals surface area contributed by atoms with Crippen molar-refractivity contribution in [2.75, 3.05) is 19.7 Å². The predicted molar refractivity (Wildman–Crippen MR) is 130 cm³/mol. The van der Waals surface area contributed by atoms with Gasteiger partial charge >= 0.3 is 0 Å². The Morgan fingerprint density at radius 1 is 1.27 bits per heavy atom. The maximum Gasteiger partial charge on any atom is 0.243 e. The molecule has 1 aliphatic rings. The average Bonchev–Trinajstić information content (AvgIpc) is 3.42. The molecule has 0 amide bonds. The number of halogens is 2. The van der Waals surface area contributed by atoms with Crippen LogP contribution in [-0.4, -0.2) is 48.1 Å². The summed E-state index contributed by atoms with van der Waals surface area (Å²) in [7, 11) is -3.60. The summed E-state index contributed by atoms with van der Waals surface area (Å²) in [6, 6.07) is 9.69. The normalized spacial score (nSPS) is 16.8. The number of sulfonamides is 1. The average molecular weight is 512 g/mol. The Balaban J connectivity index is 1.72. The molecule has 2 heterocycles. The standard InChI is InChI=1S/C23H27ClFN3O3S2/c1-3-27(4-2)33(29,30)17-10-11-22-21(13-17)26-23(28(22)14-16-7-6-12-31-16)32-15-18-19(24)8-5-9-20(18)25/h5,8-11,13,16H,3-4,6-7,12,14-15H2,1-2H3/t16-/m1/s1. The molecule has 0 N–H and O–H groups in total. The fourth-order valence-corrected chi connectivity index (χ4v) is 6.89. The summed E-state index contributed by atoms with van der Waals surface area (Å²) >= 11 is 7.59. The molecule has 1 saturated heterocycles. The fraction of sp³-hybridized carbons (Fsp3) is 0.435. The summed E-state index contributed by atoms with van der Waals surface area (Å²) in [5.41, 5.74) is 1.83. The van der Waals surface area contributed by atoms with Gasteiger partial charge in [-0.1, -0.05) is 43.3 Å². The molecule has 0 unspecified atom stereocenters. The number of hydrogen-bond acceptors (Lipinski definition) is 5. The molecule has 0 saturated carbocycles. The summed E-state index contributed by atoms with van der Waals surface area (Å²) < 4.78 is 49.6. The molecule has 1 aliphatic heterocycles. The number of thioether (sulfide) groups is 1. The molecule has 2 aromatic carbocycles. The van der Waals surface area contributed by atoms with Gasteiger partial charge in [0, 0.05) is 36.0 Å². The van der Waals surface area contributed by atoms with E-state index in [1.165, 1.54) is 22.1 Å². The van der Waals surface area contributed by atoms with Crippen LogP contribution in [0.15, 0.2) is 46.5 Å². The van der Waals surface area contributed by atoms with E-state index < -0.39 is 10.0 Å². The Morgan fingerprint density at radius 2 is 2.06 bits per heavy atom. The van der Waals surface area contributed by atoms with Crippen LogP contribution in [0.1, 0.15) is 32.3 Å². The first-order valence-corrected chi connectivity index (χ1v) is 13.8. The lowest BCUT2D eigenvalue weighted by Gasteiger charge is -2.18. The molecule has 3 aromatic rings. The molecule has 33 heavy (non-hydrogen) atoms. The predicted octanol–water partition coefficient (Wildman–Crippen LogP) is 5.33. The zero-order chi connectivity index (χ0) is 23.6.